The molecule has 0 aliphatic carbocycles. The number of thioether (sulfide) groups is 1. The minimum atomic E-state index is -0.572. The van der Waals surface area contributed by atoms with Crippen molar-refractivity contribution in [2.75, 3.05) is 19.0 Å². The lowest BCUT2D eigenvalue weighted by Gasteiger charge is -2.12. The summed E-state index contributed by atoms with van der Waals surface area (Å²) < 4.78 is 11.6. The maximum Gasteiger partial charge on any atom is 0.343 e. The van der Waals surface area contributed by atoms with E-state index in [1.807, 2.05) is 6.07 Å². The molecule has 1 aliphatic heterocycles. The largest absolute Gasteiger partial charge is 0.493 e. The van der Waals surface area contributed by atoms with E-state index in [0.29, 0.717) is 16.8 Å². The Morgan fingerprint density at radius 2 is 1.78 bits per heavy atom. The molecule has 0 saturated carbocycles. The van der Waals surface area contributed by atoms with Gasteiger partial charge in [-0.15, -0.1) is 0 Å². The first-order valence-electron chi connectivity index (χ1n) is 10.6. The SMILES string of the molecule is COc1cc(/C=C2\SC(=O)N(CC(=O)Nc3ccccc3)C2=O)ccc1OC(=O)c1cccc(Br)c1. The minimum absolute atomic E-state index is 0.161. The van der Waals surface area contributed by atoms with Gasteiger partial charge >= 0.3 is 5.97 Å². The monoisotopic (exact) mass is 566 g/mol. The smallest absolute Gasteiger partial charge is 0.343 e. The number of halogens is 1. The highest BCUT2D eigenvalue weighted by Crippen LogP contribution is 2.35. The van der Waals surface area contributed by atoms with Gasteiger partial charge in [0.2, 0.25) is 5.91 Å². The van der Waals surface area contributed by atoms with Crippen molar-refractivity contribution in [3.63, 3.8) is 0 Å². The van der Waals surface area contributed by atoms with E-state index in [4.69, 9.17) is 9.47 Å². The number of rotatable bonds is 7. The molecule has 10 heteroatoms. The van der Waals surface area contributed by atoms with Crippen LogP contribution in [0.25, 0.3) is 6.08 Å². The predicted molar refractivity (Wildman–Crippen MR) is 140 cm³/mol. The van der Waals surface area contributed by atoms with Crippen LogP contribution >= 0.6 is 27.7 Å². The summed E-state index contributed by atoms with van der Waals surface area (Å²) in [7, 11) is 1.43. The standard InChI is InChI=1S/C26H19BrN2O6S/c1-34-21-12-16(10-11-20(21)35-25(32)17-6-5-7-18(27)14-17)13-22-24(31)29(26(33)36-22)15-23(30)28-19-8-3-2-4-9-19/h2-14H,15H2,1H3,(H,28,30)/b22-13-. The molecule has 0 atom stereocenters. The van der Waals surface area contributed by atoms with E-state index in [1.54, 1.807) is 60.7 Å². The van der Waals surface area contributed by atoms with Crippen molar-refractivity contribution in [3.8, 4) is 11.5 Å². The molecule has 3 aromatic rings. The molecule has 1 aliphatic rings. The highest BCUT2D eigenvalue weighted by atomic mass is 79.9. The molecule has 0 radical (unpaired) electrons. The van der Waals surface area contributed by atoms with E-state index in [9.17, 15) is 19.2 Å². The number of nitrogens with one attached hydrogen (secondary N) is 1. The molecule has 3 aromatic carbocycles. The number of carbonyl (C=O) groups excluding carboxylic acids is 4. The van der Waals surface area contributed by atoms with Gasteiger partial charge in [0.15, 0.2) is 11.5 Å². The number of methoxy groups -OCH3 is 1. The number of amides is 3. The van der Waals surface area contributed by atoms with Crippen molar-refractivity contribution < 1.29 is 28.7 Å². The highest BCUT2D eigenvalue weighted by Gasteiger charge is 2.36. The third-order valence-electron chi connectivity index (χ3n) is 4.98. The number of nitrogens with zero attached hydrogens (tertiary/aromatic N) is 1. The number of imide groups is 1. The highest BCUT2D eigenvalue weighted by molar-refractivity contribution is 9.10. The summed E-state index contributed by atoms with van der Waals surface area (Å²) in [5, 5.41) is 2.11. The fourth-order valence-electron chi connectivity index (χ4n) is 3.29. The molecule has 4 rings (SSSR count). The Kier molecular flexibility index (Phi) is 7.87. The molecular formula is C26H19BrN2O6S. The van der Waals surface area contributed by atoms with Crippen LogP contribution in [0.15, 0.2) is 82.2 Å². The van der Waals surface area contributed by atoms with E-state index in [1.165, 1.54) is 19.3 Å². The van der Waals surface area contributed by atoms with Crippen molar-refractivity contribution in [2.24, 2.45) is 0 Å². The molecule has 0 spiro atoms. The number of para-hydroxylation sites is 1. The van der Waals surface area contributed by atoms with Gasteiger partial charge in [0.1, 0.15) is 6.54 Å². The zero-order chi connectivity index (χ0) is 25.7. The van der Waals surface area contributed by atoms with Gasteiger partial charge in [-0.2, -0.15) is 0 Å². The Labute approximate surface area is 219 Å². The number of ether oxygens (including phenoxy) is 2. The van der Waals surface area contributed by atoms with Gasteiger partial charge in [-0.25, -0.2) is 4.79 Å². The summed E-state index contributed by atoms with van der Waals surface area (Å²) in [6, 6.07) is 20.3. The van der Waals surface area contributed by atoms with Gasteiger partial charge in [0, 0.05) is 10.2 Å². The molecule has 1 saturated heterocycles. The predicted octanol–water partition coefficient (Wildman–Crippen LogP) is 5.35. The number of carbonyl (C=O) groups is 4. The molecule has 8 nitrogen and oxygen atoms in total. The molecule has 1 heterocycles. The zero-order valence-electron chi connectivity index (χ0n) is 18.9. The second kappa shape index (κ2) is 11.2. The van der Waals surface area contributed by atoms with Crippen LogP contribution < -0.4 is 14.8 Å². The van der Waals surface area contributed by atoms with Gasteiger partial charge < -0.3 is 14.8 Å². The van der Waals surface area contributed by atoms with Crippen LogP contribution in [-0.2, 0) is 9.59 Å². The summed E-state index contributed by atoms with van der Waals surface area (Å²) >= 11 is 4.06. The summed E-state index contributed by atoms with van der Waals surface area (Å²) in [4.78, 5) is 51.0. The minimum Gasteiger partial charge on any atom is -0.493 e. The van der Waals surface area contributed by atoms with Gasteiger partial charge in [0.05, 0.1) is 17.6 Å². The van der Waals surface area contributed by atoms with Crippen LogP contribution in [0.3, 0.4) is 0 Å². The first-order valence-corrected chi connectivity index (χ1v) is 12.2. The molecule has 0 aromatic heterocycles. The first kappa shape index (κ1) is 25.2. The number of hydrogen-bond donors (Lipinski definition) is 1. The van der Waals surface area contributed by atoms with Gasteiger partial charge in [0.25, 0.3) is 11.1 Å². The quantitative estimate of drug-likeness (QED) is 0.233. The van der Waals surface area contributed by atoms with Gasteiger partial charge in [-0.1, -0.05) is 46.3 Å². The normalized spacial score (nSPS) is 14.2. The summed E-state index contributed by atoms with van der Waals surface area (Å²) in [6.45, 7) is -0.398. The average molecular weight is 567 g/mol. The number of anilines is 1. The lowest BCUT2D eigenvalue weighted by atomic mass is 10.1. The van der Waals surface area contributed by atoms with Crippen molar-refractivity contribution >= 4 is 62.5 Å². The van der Waals surface area contributed by atoms with Crippen LogP contribution in [0, 0.1) is 0 Å². The Morgan fingerprint density at radius 1 is 1.00 bits per heavy atom. The average Bonchev–Trinajstić information content (AvgIpc) is 3.12. The van der Waals surface area contributed by atoms with E-state index < -0.39 is 29.6 Å². The fraction of sp³-hybridized carbons (Fsp3) is 0.0769. The Bertz CT molecular complexity index is 1380. The summed E-state index contributed by atoms with van der Waals surface area (Å²) in [6.07, 6.45) is 1.52. The third kappa shape index (κ3) is 6.02. The van der Waals surface area contributed by atoms with Crippen LogP contribution in [-0.4, -0.2) is 41.6 Å². The van der Waals surface area contributed by atoms with Crippen molar-refractivity contribution in [1.82, 2.24) is 4.90 Å². The maximum atomic E-state index is 12.8. The molecule has 36 heavy (non-hydrogen) atoms. The van der Waals surface area contributed by atoms with Crippen LogP contribution in [0.2, 0.25) is 0 Å². The number of hydrogen-bond acceptors (Lipinski definition) is 7. The lowest BCUT2D eigenvalue weighted by Crippen LogP contribution is -2.36. The second-order valence-electron chi connectivity index (χ2n) is 7.49. The zero-order valence-corrected chi connectivity index (χ0v) is 21.3. The van der Waals surface area contributed by atoms with Gasteiger partial charge in [-0.05, 0) is 65.9 Å². The van der Waals surface area contributed by atoms with Crippen LogP contribution in [0.1, 0.15) is 15.9 Å². The van der Waals surface area contributed by atoms with E-state index >= 15 is 0 Å². The van der Waals surface area contributed by atoms with Crippen LogP contribution in [0.5, 0.6) is 11.5 Å². The van der Waals surface area contributed by atoms with Crippen molar-refractivity contribution in [3.05, 3.63) is 93.3 Å². The van der Waals surface area contributed by atoms with Crippen LogP contribution in [0.4, 0.5) is 10.5 Å². The molecule has 0 bridgehead atoms. The van der Waals surface area contributed by atoms with Gasteiger partial charge in [-0.3, -0.25) is 19.3 Å². The Balaban J connectivity index is 1.46. The molecule has 0 unspecified atom stereocenters. The number of esters is 1. The fourth-order valence-corrected chi connectivity index (χ4v) is 4.52. The molecule has 1 N–H and O–H groups in total. The molecular weight excluding hydrogens is 548 g/mol. The Hall–Kier alpha value is -3.89. The van der Waals surface area contributed by atoms with Crippen molar-refractivity contribution in [2.45, 2.75) is 0 Å². The van der Waals surface area contributed by atoms with E-state index in [-0.39, 0.29) is 16.4 Å². The molecule has 3 amide bonds. The maximum absolute atomic E-state index is 12.8. The Morgan fingerprint density at radius 3 is 2.50 bits per heavy atom. The van der Waals surface area contributed by atoms with E-state index in [2.05, 4.69) is 21.2 Å². The van der Waals surface area contributed by atoms with E-state index in [0.717, 1.165) is 21.1 Å². The number of benzene rings is 3. The second-order valence-corrected chi connectivity index (χ2v) is 9.40. The third-order valence-corrected chi connectivity index (χ3v) is 6.38. The van der Waals surface area contributed by atoms with Crippen molar-refractivity contribution in [1.29, 1.82) is 0 Å². The summed E-state index contributed by atoms with van der Waals surface area (Å²) in [5.41, 5.74) is 1.48. The topological polar surface area (TPSA) is 102 Å². The summed E-state index contributed by atoms with van der Waals surface area (Å²) in [5.74, 6) is -1.14. The first-order chi connectivity index (χ1) is 17.3. The molecule has 1 fully saturated rings. The molecule has 182 valence electrons. The lowest BCUT2D eigenvalue weighted by molar-refractivity contribution is -0.127.